The summed E-state index contributed by atoms with van der Waals surface area (Å²) >= 11 is 0. The molecule has 3 heterocycles. The van der Waals surface area contributed by atoms with Crippen LogP contribution >= 0.6 is 0 Å². The maximum absolute atomic E-state index is 13.3. The zero-order chi connectivity index (χ0) is 27.1. The smallest absolute Gasteiger partial charge is 0.256 e. The van der Waals surface area contributed by atoms with E-state index in [1.807, 2.05) is 18.2 Å². The van der Waals surface area contributed by atoms with Crippen LogP contribution in [0.2, 0.25) is 0 Å². The van der Waals surface area contributed by atoms with Crippen molar-refractivity contribution in [3.05, 3.63) is 132 Å². The third kappa shape index (κ3) is 3.31. The van der Waals surface area contributed by atoms with Crippen molar-refractivity contribution < 1.29 is 0 Å². The lowest BCUT2D eigenvalue weighted by Gasteiger charge is -2.06. The molecule has 41 heavy (non-hydrogen) atoms. The molecule has 0 amide bonds. The minimum Gasteiger partial charge on any atom is -0.354 e. The summed E-state index contributed by atoms with van der Waals surface area (Å²) in [5, 5.41) is 7.25. The molecule has 0 unspecified atom stereocenters. The third-order valence-electron chi connectivity index (χ3n) is 8.47. The normalized spacial score (nSPS) is 12.0. The highest BCUT2D eigenvalue weighted by Crippen LogP contribution is 2.37. The second-order valence-electron chi connectivity index (χ2n) is 10.8. The van der Waals surface area contributed by atoms with Gasteiger partial charge in [0, 0.05) is 54.4 Å². The number of pyridine rings is 1. The van der Waals surface area contributed by atoms with Gasteiger partial charge in [0.2, 0.25) is 0 Å². The summed E-state index contributed by atoms with van der Waals surface area (Å²) in [5.41, 5.74) is 9.58. The molecule has 192 valence electrons. The van der Waals surface area contributed by atoms with Crippen LogP contribution in [0.3, 0.4) is 0 Å². The van der Waals surface area contributed by atoms with Crippen LogP contribution in [0.5, 0.6) is 0 Å². The molecule has 3 N–H and O–H groups in total. The molecule has 0 saturated carbocycles. The molecule has 0 aliphatic carbocycles. The van der Waals surface area contributed by atoms with Gasteiger partial charge in [-0.25, -0.2) is 0 Å². The average Bonchev–Trinajstić information content (AvgIpc) is 3.56. The highest BCUT2D eigenvalue weighted by atomic mass is 16.1. The number of hydrogen-bond donors (Lipinski definition) is 3. The zero-order valence-corrected chi connectivity index (χ0v) is 22.0. The van der Waals surface area contributed by atoms with E-state index in [1.54, 1.807) is 0 Å². The lowest BCUT2D eigenvalue weighted by atomic mass is 9.99. The van der Waals surface area contributed by atoms with Gasteiger partial charge in [-0.2, -0.15) is 0 Å². The Morgan fingerprint density at radius 2 is 0.780 bits per heavy atom. The van der Waals surface area contributed by atoms with Gasteiger partial charge in [0.1, 0.15) is 0 Å². The molecule has 0 fully saturated rings. The summed E-state index contributed by atoms with van der Waals surface area (Å²) in [6.07, 6.45) is 0. The Labute approximate surface area is 233 Å². The van der Waals surface area contributed by atoms with Gasteiger partial charge in [0.05, 0.1) is 5.52 Å². The minimum atomic E-state index is -0.0835. The summed E-state index contributed by atoms with van der Waals surface area (Å²) in [6, 6.07) is 42.4. The Morgan fingerprint density at radius 1 is 0.317 bits per heavy atom. The molecule has 0 aliphatic rings. The van der Waals surface area contributed by atoms with Crippen LogP contribution in [0.15, 0.2) is 126 Å². The third-order valence-corrected chi connectivity index (χ3v) is 8.47. The van der Waals surface area contributed by atoms with E-state index in [1.165, 1.54) is 27.6 Å². The summed E-state index contributed by atoms with van der Waals surface area (Å²) in [4.78, 5) is 23.6. The Kier molecular flexibility index (Phi) is 4.44. The fourth-order valence-electron chi connectivity index (χ4n) is 6.44. The average molecular weight is 526 g/mol. The first-order valence-electron chi connectivity index (χ1n) is 13.8. The number of hydrogen-bond acceptors (Lipinski definition) is 1. The van der Waals surface area contributed by atoms with Crippen molar-refractivity contribution in [2.45, 2.75) is 0 Å². The maximum Gasteiger partial charge on any atom is 0.256 e. The number of aromatic nitrogens is 3. The van der Waals surface area contributed by atoms with Crippen molar-refractivity contribution >= 4 is 65.3 Å². The molecule has 3 aromatic heterocycles. The Hall–Kier alpha value is -5.61. The topological polar surface area (TPSA) is 64.4 Å². The van der Waals surface area contributed by atoms with E-state index in [2.05, 4.69) is 118 Å². The molecule has 6 aromatic carbocycles. The SMILES string of the molecule is O=c1[nH]c2cc3[nH]c4ccc(-c5ccccc5)cc4c3cc2c2cc3c(cc12)[nH]c1ccc(-c2ccccc2)cc13. The molecule has 0 bridgehead atoms. The standard InChI is InChI=1S/C37H23N3O/c41-37-31-19-34-29(26-15-23(11-13-32(26)38-34)21-7-3-1-4-8-21)17-25(31)28-18-30-27-16-24(22-9-5-2-6-10-22)12-14-33(27)39-35(30)20-36(28)40-37/h1-20,38-39H,(H,40,41). The summed E-state index contributed by atoms with van der Waals surface area (Å²) in [5.74, 6) is 0. The van der Waals surface area contributed by atoms with Crippen LogP contribution in [0.25, 0.3) is 87.5 Å². The van der Waals surface area contributed by atoms with Gasteiger partial charge in [0.15, 0.2) is 0 Å². The number of fused-ring (bicyclic) bond motifs is 9. The lowest BCUT2D eigenvalue weighted by molar-refractivity contribution is 1.35. The summed E-state index contributed by atoms with van der Waals surface area (Å²) in [6.45, 7) is 0. The van der Waals surface area contributed by atoms with Crippen molar-refractivity contribution in [3.63, 3.8) is 0 Å². The van der Waals surface area contributed by atoms with Gasteiger partial charge < -0.3 is 15.0 Å². The van der Waals surface area contributed by atoms with Crippen LogP contribution in [0, 0.1) is 0 Å². The number of H-pyrrole nitrogens is 3. The van der Waals surface area contributed by atoms with E-state index in [9.17, 15) is 4.79 Å². The van der Waals surface area contributed by atoms with Crippen molar-refractivity contribution in [1.29, 1.82) is 0 Å². The molecule has 4 nitrogen and oxygen atoms in total. The molecule has 0 saturated heterocycles. The molecular formula is C37H23N3O. The van der Waals surface area contributed by atoms with Crippen molar-refractivity contribution in [2.24, 2.45) is 0 Å². The van der Waals surface area contributed by atoms with E-state index >= 15 is 0 Å². The predicted octanol–water partition coefficient (Wildman–Crippen LogP) is 9.28. The number of nitrogens with one attached hydrogen (secondary N) is 3. The zero-order valence-electron chi connectivity index (χ0n) is 22.0. The van der Waals surface area contributed by atoms with Crippen LogP contribution in [-0.4, -0.2) is 15.0 Å². The first kappa shape index (κ1) is 22.2. The van der Waals surface area contributed by atoms with Gasteiger partial charge >= 0.3 is 0 Å². The Bertz CT molecular complexity index is 2530. The molecule has 9 rings (SSSR count). The van der Waals surface area contributed by atoms with Crippen molar-refractivity contribution in [3.8, 4) is 22.3 Å². The monoisotopic (exact) mass is 525 g/mol. The van der Waals surface area contributed by atoms with Crippen LogP contribution in [-0.2, 0) is 0 Å². The van der Waals surface area contributed by atoms with E-state index in [0.29, 0.717) is 5.39 Å². The second-order valence-corrected chi connectivity index (χ2v) is 10.8. The number of benzene rings is 6. The van der Waals surface area contributed by atoms with E-state index < -0.39 is 0 Å². The van der Waals surface area contributed by atoms with Gasteiger partial charge in [-0.3, -0.25) is 4.79 Å². The van der Waals surface area contributed by atoms with Crippen LogP contribution < -0.4 is 5.56 Å². The Morgan fingerprint density at radius 3 is 1.37 bits per heavy atom. The van der Waals surface area contributed by atoms with Crippen molar-refractivity contribution in [1.82, 2.24) is 15.0 Å². The molecule has 0 atom stereocenters. The maximum atomic E-state index is 13.3. The predicted molar refractivity (Wildman–Crippen MR) is 172 cm³/mol. The lowest BCUT2D eigenvalue weighted by Crippen LogP contribution is -2.06. The molecular weight excluding hydrogens is 502 g/mol. The molecule has 0 aliphatic heterocycles. The Balaban J connectivity index is 1.33. The van der Waals surface area contributed by atoms with E-state index in [0.717, 1.165) is 54.5 Å². The second kappa shape index (κ2) is 8.20. The fourth-order valence-corrected chi connectivity index (χ4v) is 6.44. The first-order chi connectivity index (χ1) is 20.2. The minimum absolute atomic E-state index is 0.0835. The fraction of sp³-hybridized carbons (Fsp3) is 0. The highest BCUT2D eigenvalue weighted by Gasteiger charge is 2.14. The molecule has 0 spiro atoms. The quantitative estimate of drug-likeness (QED) is 0.194. The molecule has 4 heteroatoms. The summed E-state index contributed by atoms with van der Waals surface area (Å²) in [7, 11) is 0. The van der Waals surface area contributed by atoms with Gasteiger partial charge in [-0.05, 0) is 76.2 Å². The van der Waals surface area contributed by atoms with Gasteiger partial charge in [0.25, 0.3) is 5.56 Å². The van der Waals surface area contributed by atoms with Gasteiger partial charge in [-0.1, -0.05) is 72.8 Å². The van der Waals surface area contributed by atoms with Crippen LogP contribution in [0.4, 0.5) is 0 Å². The van der Waals surface area contributed by atoms with Gasteiger partial charge in [-0.15, -0.1) is 0 Å². The largest absolute Gasteiger partial charge is 0.354 e. The highest BCUT2D eigenvalue weighted by molar-refractivity contribution is 6.20. The summed E-state index contributed by atoms with van der Waals surface area (Å²) < 4.78 is 0. The van der Waals surface area contributed by atoms with Crippen molar-refractivity contribution in [2.75, 3.05) is 0 Å². The number of rotatable bonds is 2. The molecule has 0 radical (unpaired) electrons. The number of aromatic amines is 3. The molecule has 9 aromatic rings. The van der Waals surface area contributed by atoms with E-state index in [-0.39, 0.29) is 5.56 Å². The first-order valence-corrected chi connectivity index (χ1v) is 13.8. The van der Waals surface area contributed by atoms with E-state index in [4.69, 9.17) is 0 Å². The van der Waals surface area contributed by atoms with Crippen LogP contribution in [0.1, 0.15) is 0 Å².